The van der Waals surface area contributed by atoms with E-state index in [2.05, 4.69) is 22.0 Å². The molecule has 1 aromatic carbocycles. The zero-order chi connectivity index (χ0) is 13.1. The van der Waals surface area contributed by atoms with Crippen LogP contribution < -0.4 is 10.6 Å². The summed E-state index contributed by atoms with van der Waals surface area (Å²) in [5.41, 5.74) is 6.83. The highest BCUT2D eigenvalue weighted by molar-refractivity contribution is 6.02. The Balaban J connectivity index is 2.32. The van der Waals surface area contributed by atoms with Gasteiger partial charge >= 0.3 is 0 Å². The SMILES string of the molecule is CN1CCN(c2ccc(F)cc2C(N)=NO)CC1. The summed E-state index contributed by atoms with van der Waals surface area (Å²) in [6.07, 6.45) is 0. The fourth-order valence-electron chi connectivity index (χ4n) is 2.09. The van der Waals surface area contributed by atoms with Gasteiger partial charge in [0.25, 0.3) is 0 Å². The first-order chi connectivity index (χ1) is 8.61. The number of anilines is 1. The largest absolute Gasteiger partial charge is 0.409 e. The first-order valence-corrected chi connectivity index (χ1v) is 5.83. The third kappa shape index (κ3) is 2.53. The van der Waals surface area contributed by atoms with E-state index in [-0.39, 0.29) is 5.84 Å². The zero-order valence-corrected chi connectivity index (χ0v) is 10.3. The van der Waals surface area contributed by atoms with Gasteiger partial charge in [-0.05, 0) is 25.2 Å². The van der Waals surface area contributed by atoms with Gasteiger partial charge in [0, 0.05) is 37.4 Å². The lowest BCUT2D eigenvalue weighted by Gasteiger charge is -2.35. The highest BCUT2D eigenvalue weighted by atomic mass is 19.1. The molecular weight excluding hydrogens is 235 g/mol. The highest BCUT2D eigenvalue weighted by Crippen LogP contribution is 2.22. The molecule has 1 aliphatic rings. The highest BCUT2D eigenvalue weighted by Gasteiger charge is 2.19. The molecule has 1 heterocycles. The quantitative estimate of drug-likeness (QED) is 0.351. The van der Waals surface area contributed by atoms with Crippen molar-refractivity contribution < 1.29 is 9.60 Å². The summed E-state index contributed by atoms with van der Waals surface area (Å²) in [6.45, 7) is 3.56. The van der Waals surface area contributed by atoms with E-state index in [9.17, 15) is 4.39 Å². The minimum atomic E-state index is -0.394. The van der Waals surface area contributed by atoms with Crippen LogP contribution in [0.2, 0.25) is 0 Å². The van der Waals surface area contributed by atoms with Crippen molar-refractivity contribution in [3.8, 4) is 0 Å². The lowest BCUT2D eigenvalue weighted by molar-refractivity contribution is 0.312. The molecule has 1 aliphatic heterocycles. The van der Waals surface area contributed by atoms with Crippen molar-refractivity contribution in [2.75, 3.05) is 38.1 Å². The average molecular weight is 252 g/mol. The molecule has 3 N–H and O–H groups in total. The number of halogens is 1. The van der Waals surface area contributed by atoms with Gasteiger partial charge < -0.3 is 20.7 Å². The fourth-order valence-corrected chi connectivity index (χ4v) is 2.09. The molecule has 1 aromatic rings. The van der Waals surface area contributed by atoms with Gasteiger partial charge in [0.05, 0.1) is 0 Å². The molecule has 6 heteroatoms. The number of benzene rings is 1. The Kier molecular flexibility index (Phi) is 3.66. The number of oxime groups is 1. The van der Waals surface area contributed by atoms with Crippen molar-refractivity contribution in [3.63, 3.8) is 0 Å². The van der Waals surface area contributed by atoms with Crippen LogP contribution in [0.4, 0.5) is 10.1 Å². The van der Waals surface area contributed by atoms with Gasteiger partial charge in [0.2, 0.25) is 0 Å². The Bertz CT molecular complexity index is 455. The van der Waals surface area contributed by atoms with Crippen molar-refractivity contribution in [1.29, 1.82) is 0 Å². The number of nitrogens with two attached hydrogens (primary N) is 1. The summed E-state index contributed by atoms with van der Waals surface area (Å²) in [5, 5.41) is 11.7. The standard InChI is InChI=1S/C12H17FN4O/c1-16-4-6-17(7-5-16)11-3-2-9(13)8-10(11)12(14)15-18/h2-3,8,18H,4-7H2,1H3,(H2,14,15). The Labute approximate surface area is 105 Å². The van der Waals surface area contributed by atoms with Crippen molar-refractivity contribution in [2.45, 2.75) is 0 Å². The fraction of sp³-hybridized carbons (Fsp3) is 0.417. The molecule has 1 saturated heterocycles. The summed E-state index contributed by atoms with van der Waals surface area (Å²) >= 11 is 0. The second kappa shape index (κ2) is 5.22. The maximum atomic E-state index is 13.3. The normalized spacial score (nSPS) is 18.1. The Hall–Kier alpha value is -1.82. The number of piperazine rings is 1. The molecule has 0 atom stereocenters. The van der Waals surface area contributed by atoms with Crippen molar-refractivity contribution in [2.24, 2.45) is 10.9 Å². The summed E-state index contributed by atoms with van der Waals surface area (Å²) < 4.78 is 13.3. The van der Waals surface area contributed by atoms with Crippen LogP contribution in [-0.2, 0) is 0 Å². The van der Waals surface area contributed by atoms with E-state index in [1.165, 1.54) is 12.1 Å². The maximum absolute atomic E-state index is 13.3. The topological polar surface area (TPSA) is 65.1 Å². The molecule has 5 nitrogen and oxygen atoms in total. The molecule has 18 heavy (non-hydrogen) atoms. The van der Waals surface area contributed by atoms with Gasteiger partial charge in [-0.15, -0.1) is 0 Å². The van der Waals surface area contributed by atoms with Gasteiger partial charge in [-0.2, -0.15) is 0 Å². The van der Waals surface area contributed by atoms with E-state index in [0.29, 0.717) is 5.56 Å². The van der Waals surface area contributed by atoms with E-state index in [4.69, 9.17) is 10.9 Å². The molecule has 98 valence electrons. The Morgan fingerprint density at radius 2 is 2.00 bits per heavy atom. The average Bonchev–Trinajstić information content (AvgIpc) is 2.39. The smallest absolute Gasteiger partial charge is 0.172 e. The van der Waals surface area contributed by atoms with Crippen molar-refractivity contribution in [1.82, 2.24) is 4.90 Å². The molecule has 0 radical (unpaired) electrons. The van der Waals surface area contributed by atoms with Gasteiger partial charge in [-0.1, -0.05) is 5.16 Å². The lowest BCUT2D eigenvalue weighted by atomic mass is 10.1. The molecule has 0 saturated carbocycles. The molecule has 1 fully saturated rings. The second-order valence-electron chi connectivity index (χ2n) is 4.44. The molecular formula is C12H17FN4O. The Morgan fingerprint density at radius 3 is 2.61 bits per heavy atom. The Morgan fingerprint density at radius 1 is 1.33 bits per heavy atom. The van der Waals surface area contributed by atoms with Gasteiger partial charge in [-0.3, -0.25) is 0 Å². The van der Waals surface area contributed by atoms with Gasteiger partial charge in [-0.25, -0.2) is 4.39 Å². The first-order valence-electron chi connectivity index (χ1n) is 5.83. The molecule has 0 unspecified atom stereocenters. The molecule has 0 spiro atoms. The monoisotopic (exact) mass is 252 g/mol. The predicted molar refractivity (Wildman–Crippen MR) is 68.6 cm³/mol. The second-order valence-corrected chi connectivity index (χ2v) is 4.44. The minimum Gasteiger partial charge on any atom is -0.409 e. The third-order valence-corrected chi connectivity index (χ3v) is 3.19. The predicted octanol–water partition coefficient (Wildman–Crippen LogP) is 0.672. The number of amidine groups is 1. The third-order valence-electron chi connectivity index (χ3n) is 3.19. The van der Waals surface area contributed by atoms with Crippen molar-refractivity contribution >= 4 is 11.5 Å². The van der Waals surface area contributed by atoms with Crippen LogP contribution >= 0.6 is 0 Å². The minimum absolute atomic E-state index is 0.0663. The summed E-state index contributed by atoms with van der Waals surface area (Å²) in [6, 6.07) is 4.36. The van der Waals surface area contributed by atoms with Crippen molar-refractivity contribution in [3.05, 3.63) is 29.6 Å². The van der Waals surface area contributed by atoms with Crippen LogP contribution in [-0.4, -0.2) is 49.2 Å². The summed E-state index contributed by atoms with van der Waals surface area (Å²) in [7, 11) is 2.06. The summed E-state index contributed by atoms with van der Waals surface area (Å²) in [5.74, 6) is -0.460. The van der Waals surface area contributed by atoms with Crippen LogP contribution in [0.25, 0.3) is 0 Å². The molecule has 0 amide bonds. The number of rotatable bonds is 2. The van der Waals surface area contributed by atoms with Gasteiger partial charge in [0.1, 0.15) is 5.82 Å². The van der Waals surface area contributed by atoms with E-state index >= 15 is 0 Å². The number of likely N-dealkylation sites (N-methyl/N-ethyl adjacent to an activating group) is 1. The van der Waals surface area contributed by atoms with E-state index < -0.39 is 5.82 Å². The van der Waals surface area contributed by atoms with Crippen LogP contribution in [0.3, 0.4) is 0 Å². The van der Waals surface area contributed by atoms with E-state index in [1.807, 2.05) is 0 Å². The van der Waals surface area contributed by atoms with E-state index in [0.717, 1.165) is 31.9 Å². The van der Waals surface area contributed by atoms with Crippen LogP contribution in [0.15, 0.2) is 23.4 Å². The van der Waals surface area contributed by atoms with Crippen LogP contribution in [0.5, 0.6) is 0 Å². The number of hydrogen-bond donors (Lipinski definition) is 2. The first kappa shape index (κ1) is 12.6. The van der Waals surface area contributed by atoms with Gasteiger partial charge in [0.15, 0.2) is 5.84 Å². The molecule has 0 aliphatic carbocycles. The molecule has 0 bridgehead atoms. The summed E-state index contributed by atoms with van der Waals surface area (Å²) in [4.78, 5) is 4.34. The van der Waals surface area contributed by atoms with E-state index in [1.54, 1.807) is 6.07 Å². The molecule has 0 aromatic heterocycles. The van der Waals surface area contributed by atoms with Crippen LogP contribution in [0, 0.1) is 5.82 Å². The zero-order valence-electron chi connectivity index (χ0n) is 10.3. The molecule has 2 rings (SSSR count). The lowest BCUT2D eigenvalue weighted by Crippen LogP contribution is -2.45. The van der Waals surface area contributed by atoms with Crippen LogP contribution in [0.1, 0.15) is 5.56 Å². The number of hydrogen-bond acceptors (Lipinski definition) is 4. The number of nitrogens with zero attached hydrogens (tertiary/aromatic N) is 3. The maximum Gasteiger partial charge on any atom is 0.172 e.